The minimum atomic E-state index is -0.478. The first-order chi connectivity index (χ1) is 12.0. The van der Waals surface area contributed by atoms with Crippen LogP contribution < -0.4 is 5.32 Å². The van der Waals surface area contributed by atoms with E-state index in [4.69, 9.17) is 4.74 Å². The Hall–Kier alpha value is -1.97. The molecule has 0 radical (unpaired) electrons. The lowest BCUT2D eigenvalue weighted by molar-refractivity contribution is -0.387. The molecule has 7 nitrogen and oxygen atoms in total. The number of benzene rings is 1. The maximum Gasteiger partial charge on any atom is 0.284 e. The maximum atomic E-state index is 12.1. The largest absolute Gasteiger partial charge is 0.382 e. The molecular weight excluding hydrogens is 362 g/mol. The van der Waals surface area contributed by atoms with Crippen LogP contribution in [0.15, 0.2) is 32.8 Å². The van der Waals surface area contributed by atoms with Crippen LogP contribution in [-0.4, -0.2) is 35.6 Å². The van der Waals surface area contributed by atoms with Crippen LogP contribution in [-0.2, 0) is 4.74 Å². The third-order valence-electron chi connectivity index (χ3n) is 3.17. The van der Waals surface area contributed by atoms with Gasteiger partial charge in [0, 0.05) is 42.5 Å². The molecule has 1 amide bonds. The summed E-state index contributed by atoms with van der Waals surface area (Å²) in [5.74, 6) is -0.332. The van der Waals surface area contributed by atoms with Gasteiger partial charge in [0.05, 0.1) is 9.82 Å². The summed E-state index contributed by atoms with van der Waals surface area (Å²) in [6.07, 6.45) is 0.693. The van der Waals surface area contributed by atoms with Crippen molar-refractivity contribution in [2.24, 2.45) is 0 Å². The van der Waals surface area contributed by atoms with Gasteiger partial charge in [-0.3, -0.25) is 14.9 Å². The molecule has 1 aromatic carbocycles. The van der Waals surface area contributed by atoms with Crippen LogP contribution in [0, 0.1) is 17.0 Å². The number of thiazole rings is 1. The summed E-state index contributed by atoms with van der Waals surface area (Å²) < 4.78 is 5.93. The van der Waals surface area contributed by atoms with Crippen molar-refractivity contribution in [3.05, 3.63) is 45.0 Å². The van der Waals surface area contributed by atoms with Gasteiger partial charge < -0.3 is 10.1 Å². The Morgan fingerprint density at radius 1 is 1.48 bits per heavy atom. The Morgan fingerprint density at radius 2 is 2.28 bits per heavy atom. The SMILES string of the molecule is CCOCCCNC(=O)c1ccc(Sc2nc(C)cs2)c([N+](=O)[O-])c1. The molecule has 1 N–H and O–H groups in total. The molecule has 1 heterocycles. The van der Waals surface area contributed by atoms with Crippen molar-refractivity contribution < 1.29 is 14.5 Å². The second-order valence-electron chi connectivity index (χ2n) is 5.10. The number of hydrogen-bond acceptors (Lipinski definition) is 7. The minimum Gasteiger partial charge on any atom is -0.382 e. The number of nitrogens with one attached hydrogen (secondary N) is 1. The van der Waals surface area contributed by atoms with Gasteiger partial charge in [-0.25, -0.2) is 4.98 Å². The zero-order chi connectivity index (χ0) is 18.2. The first-order valence-electron chi connectivity index (χ1n) is 7.75. The second kappa shape index (κ2) is 9.50. The van der Waals surface area contributed by atoms with Gasteiger partial charge in [-0.2, -0.15) is 0 Å². The molecular formula is C16H19N3O4S2. The van der Waals surface area contributed by atoms with Crippen molar-refractivity contribution >= 4 is 34.7 Å². The van der Waals surface area contributed by atoms with Crippen LogP contribution in [0.2, 0.25) is 0 Å². The molecule has 0 atom stereocenters. The number of rotatable bonds is 9. The molecule has 0 saturated carbocycles. The Kier molecular flexibility index (Phi) is 7.35. The lowest BCUT2D eigenvalue weighted by Crippen LogP contribution is -2.25. The fourth-order valence-electron chi connectivity index (χ4n) is 1.98. The molecule has 2 rings (SSSR count). The highest BCUT2D eigenvalue weighted by Gasteiger charge is 2.19. The van der Waals surface area contributed by atoms with Crippen LogP contribution in [0.4, 0.5) is 5.69 Å². The summed E-state index contributed by atoms with van der Waals surface area (Å²) in [7, 11) is 0. The summed E-state index contributed by atoms with van der Waals surface area (Å²) in [4.78, 5) is 27.8. The first kappa shape index (κ1) is 19.4. The van der Waals surface area contributed by atoms with Crippen molar-refractivity contribution in [2.75, 3.05) is 19.8 Å². The van der Waals surface area contributed by atoms with Gasteiger partial charge in [0.15, 0.2) is 4.34 Å². The average molecular weight is 381 g/mol. The lowest BCUT2D eigenvalue weighted by atomic mass is 10.2. The van der Waals surface area contributed by atoms with E-state index in [-0.39, 0.29) is 17.2 Å². The summed E-state index contributed by atoms with van der Waals surface area (Å²) >= 11 is 2.66. The van der Waals surface area contributed by atoms with Gasteiger partial charge in [-0.15, -0.1) is 11.3 Å². The van der Waals surface area contributed by atoms with Gasteiger partial charge >= 0.3 is 0 Å². The smallest absolute Gasteiger partial charge is 0.284 e. The van der Waals surface area contributed by atoms with Gasteiger partial charge in [-0.1, -0.05) is 11.8 Å². The average Bonchev–Trinajstić information content (AvgIpc) is 2.99. The highest BCUT2D eigenvalue weighted by Crippen LogP contribution is 2.36. The highest BCUT2D eigenvalue weighted by molar-refractivity contribution is 8.01. The number of ether oxygens (including phenoxy) is 1. The van der Waals surface area contributed by atoms with Gasteiger partial charge in [0.25, 0.3) is 11.6 Å². The van der Waals surface area contributed by atoms with E-state index >= 15 is 0 Å². The summed E-state index contributed by atoms with van der Waals surface area (Å²) in [6, 6.07) is 4.49. The van der Waals surface area contributed by atoms with E-state index in [9.17, 15) is 14.9 Å². The number of hydrogen-bond donors (Lipinski definition) is 1. The number of amides is 1. The minimum absolute atomic E-state index is 0.0974. The fraction of sp³-hybridized carbons (Fsp3) is 0.375. The van der Waals surface area contributed by atoms with E-state index in [2.05, 4.69) is 10.3 Å². The monoisotopic (exact) mass is 381 g/mol. The van der Waals surface area contributed by atoms with Crippen molar-refractivity contribution in [3.63, 3.8) is 0 Å². The molecule has 25 heavy (non-hydrogen) atoms. The third-order valence-corrected chi connectivity index (χ3v) is 5.29. The standard InChI is InChI=1S/C16H19N3O4S2/c1-3-23-8-4-7-17-15(20)12-5-6-14(13(9-12)19(21)22)25-16-18-11(2)10-24-16/h5-6,9-10H,3-4,7-8H2,1-2H3,(H,17,20). The molecule has 2 aromatic rings. The van der Waals surface area contributed by atoms with Gasteiger partial charge in [0.1, 0.15) is 0 Å². The molecule has 0 aliphatic carbocycles. The van der Waals surface area contributed by atoms with E-state index in [0.717, 1.165) is 10.0 Å². The van der Waals surface area contributed by atoms with E-state index in [1.165, 1.54) is 29.2 Å². The molecule has 0 bridgehead atoms. The quantitative estimate of drug-likeness (QED) is 0.405. The maximum absolute atomic E-state index is 12.1. The first-order valence-corrected chi connectivity index (χ1v) is 9.45. The Morgan fingerprint density at radius 3 is 2.92 bits per heavy atom. The Balaban J connectivity index is 2.07. The number of carbonyl (C=O) groups excluding carboxylic acids is 1. The zero-order valence-electron chi connectivity index (χ0n) is 14.0. The molecule has 0 unspecified atom stereocenters. The highest BCUT2D eigenvalue weighted by atomic mass is 32.2. The van der Waals surface area contributed by atoms with Crippen LogP contribution in [0.3, 0.4) is 0 Å². The van der Waals surface area contributed by atoms with Gasteiger partial charge in [-0.05, 0) is 32.4 Å². The number of aromatic nitrogens is 1. The van der Waals surface area contributed by atoms with Crippen LogP contribution in [0.1, 0.15) is 29.4 Å². The topological polar surface area (TPSA) is 94.4 Å². The number of nitrogens with zero attached hydrogens (tertiary/aromatic N) is 2. The van der Waals surface area contributed by atoms with Crippen LogP contribution in [0.25, 0.3) is 0 Å². The summed E-state index contributed by atoms with van der Waals surface area (Å²) in [5.41, 5.74) is 1.04. The van der Waals surface area contributed by atoms with Crippen molar-refractivity contribution in [2.45, 2.75) is 29.5 Å². The van der Waals surface area contributed by atoms with Gasteiger partial charge in [0.2, 0.25) is 0 Å². The van der Waals surface area contributed by atoms with Crippen LogP contribution in [0.5, 0.6) is 0 Å². The molecule has 0 saturated heterocycles. The molecule has 0 fully saturated rings. The molecule has 0 aliphatic heterocycles. The number of nitro benzene ring substituents is 1. The van der Waals surface area contributed by atoms with E-state index in [1.54, 1.807) is 12.1 Å². The number of aryl methyl sites for hydroxylation is 1. The third kappa shape index (κ3) is 5.80. The summed E-state index contributed by atoms with van der Waals surface area (Å²) in [6.45, 7) is 5.44. The Bertz CT molecular complexity index is 749. The second-order valence-corrected chi connectivity index (χ2v) is 7.25. The van der Waals surface area contributed by atoms with Crippen LogP contribution >= 0.6 is 23.1 Å². The van der Waals surface area contributed by atoms with Crippen molar-refractivity contribution in [1.82, 2.24) is 10.3 Å². The molecule has 1 aromatic heterocycles. The zero-order valence-corrected chi connectivity index (χ0v) is 15.6. The predicted molar refractivity (Wildman–Crippen MR) is 97.5 cm³/mol. The molecule has 0 spiro atoms. The normalized spacial score (nSPS) is 10.6. The summed E-state index contributed by atoms with van der Waals surface area (Å²) in [5, 5.41) is 16.0. The van der Waals surface area contributed by atoms with E-state index in [0.29, 0.717) is 31.1 Å². The number of nitro groups is 1. The number of carbonyl (C=O) groups is 1. The van der Waals surface area contributed by atoms with E-state index < -0.39 is 4.92 Å². The molecule has 0 aliphatic rings. The lowest BCUT2D eigenvalue weighted by Gasteiger charge is -2.07. The Labute approximate surface area is 154 Å². The van der Waals surface area contributed by atoms with Crippen molar-refractivity contribution in [1.29, 1.82) is 0 Å². The molecule has 9 heteroatoms. The van der Waals surface area contributed by atoms with Crippen molar-refractivity contribution in [3.8, 4) is 0 Å². The molecule has 134 valence electrons. The van der Waals surface area contributed by atoms with E-state index in [1.807, 2.05) is 19.2 Å². The predicted octanol–water partition coefficient (Wildman–Crippen LogP) is 3.67. The fourth-order valence-corrected chi connectivity index (χ4v) is 3.86.